The highest BCUT2D eigenvalue weighted by molar-refractivity contribution is 6.04. The van der Waals surface area contributed by atoms with Gasteiger partial charge in [-0.1, -0.05) is 6.07 Å². The molecule has 0 spiro atoms. The molecule has 0 bridgehead atoms. The number of aliphatic hydroxyl groups is 1. The number of benzene rings is 1. The molecule has 10 nitrogen and oxygen atoms in total. The fraction of sp³-hybridized carbons (Fsp3) is 0.348. The molecular formula is C23H26FN7O3. The van der Waals surface area contributed by atoms with Crippen molar-refractivity contribution >= 4 is 17.8 Å². The zero-order valence-electron chi connectivity index (χ0n) is 19.0. The van der Waals surface area contributed by atoms with Crippen LogP contribution in [0.25, 0.3) is 11.5 Å². The van der Waals surface area contributed by atoms with E-state index in [1.165, 1.54) is 18.5 Å². The molecule has 3 aromatic rings. The van der Waals surface area contributed by atoms with E-state index in [0.717, 1.165) is 11.1 Å². The number of amides is 3. The Kier molecular flexibility index (Phi) is 6.82. The molecule has 3 heterocycles. The van der Waals surface area contributed by atoms with Crippen LogP contribution in [0.15, 0.2) is 36.7 Å². The normalized spacial score (nSPS) is 13.8. The first-order valence-corrected chi connectivity index (χ1v) is 11.0. The fourth-order valence-electron chi connectivity index (χ4n) is 3.84. The Hall–Kier alpha value is -3.86. The van der Waals surface area contributed by atoms with Crippen molar-refractivity contribution in [3.05, 3.63) is 59.2 Å². The topological polar surface area (TPSA) is 125 Å². The van der Waals surface area contributed by atoms with Crippen molar-refractivity contribution in [2.45, 2.75) is 32.9 Å². The summed E-state index contributed by atoms with van der Waals surface area (Å²) in [5.41, 5.74) is 1.84. The molecule has 1 aliphatic heterocycles. The van der Waals surface area contributed by atoms with Gasteiger partial charge < -0.3 is 25.2 Å². The van der Waals surface area contributed by atoms with Crippen LogP contribution < -0.4 is 10.6 Å². The van der Waals surface area contributed by atoms with E-state index in [1.54, 1.807) is 27.7 Å². The Morgan fingerprint density at radius 1 is 1.26 bits per heavy atom. The molecule has 1 atom stereocenters. The number of carbonyl (C=O) groups excluding carboxylic acids is 2. The van der Waals surface area contributed by atoms with Crippen molar-refractivity contribution in [1.82, 2.24) is 30.0 Å². The van der Waals surface area contributed by atoms with E-state index in [-0.39, 0.29) is 30.1 Å². The van der Waals surface area contributed by atoms with E-state index in [9.17, 15) is 19.1 Å². The number of anilines is 1. The maximum absolute atomic E-state index is 14.8. The molecule has 3 N–H and O–H groups in total. The number of nitrogens with zero attached hydrogens (tertiary/aromatic N) is 5. The molecule has 0 saturated heterocycles. The van der Waals surface area contributed by atoms with Gasteiger partial charge in [0.25, 0.3) is 5.91 Å². The van der Waals surface area contributed by atoms with E-state index in [1.807, 2.05) is 13.8 Å². The van der Waals surface area contributed by atoms with Gasteiger partial charge in [-0.2, -0.15) is 0 Å². The molecule has 0 radical (unpaired) electrons. The fourth-order valence-corrected chi connectivity index (χ4v) is 3.84. The van der Waals surface area contributed by atoms with Crippen LogP contribution in [0.4, 0.5) is 15.0 Å². The lowest BCUT2D eigenvalue weighted by Gasteiger charge is -2.29. The average Bonchev–Trinajstić information content (AvgIpc) is 3.33. The second kappa shape index (κ2) is 9.96. The summed E-state index contributed by atoms with van der Waals surface area (Å²) >= 11 is 0. The summed E-state index contributed by atoms with van der Waals surface area (Å²) in [4.78, 5) is 31.1. The van der Waals surface area contributed by atoms with Crippen molar-refractivity contribution in [1.29, 1.82) is 0 Å². The summed E-state index contributed by atoms with van der Waals surface area (Å²) in [6.07, 6.45) is 2.01. The van der Waals surface area contributed by atoms with Gasteiger partial charge in [-0.15, -0.1) is 10.2 Å². The second-order valence-electron chi connectivity index (χ2n) is 8.06. The van der Waals surface area contributed by atoms with Gasteiger partial charge in [0.1, 0.15) is 23.7 Å². The number of nitrogens with one attached hydrogen (secondary N) is 2. The second-order valence-corrected chi connectivity index (χ2v) is 8.06. The zero-order valence-corrected chi connectivity index (χ0v) is 19.0. The number of rotatable bonds is 6. The maximum atomic E-state index is 14.8. The van der Waals surface area contributed by atoms with Gasteiger partial charge in [-0.05, 0) is 55.7 Å². The van der Waals surface area contributed by atoms with Gasteiger partial charge in [-0.3, -0.25) is 4.79 Å². The number of aliphatic hydroxyl groups excluding tert-OH is 1. The zero-order chi connectivity index (χ0) is 24.2. The predicted molar refractivity (Wildman–Crippen MR) is 123 cm³/mol. The van der Waals surface area contributed by atoms with Crippen LogP contribution in [0.1, 0.15) is 41.4 Å². The van der Waals surface area contributed by atoms with Gasteiger partial charge in [0.15, 0.2) is 5.82 Å². The van der Waals surface area contributed by atoms with Crippen LogP contribution in [0.2, 0.25) is 0 Å². The lowest BCUT2D eigenvalue weighted by molar-refractivity contribution is 0.102. The minimum Gasteiger partial charge on any atom is -0.394 e. The first kappa shape index (κ1) is 23.3. The van der Waals surface area contributed by atoms with Crippen LogP contribution in [0.5, 0.6) is 0 Å². The number of halogens is 1. The van der Waals surface area contributed by atoms with Gasteiger partial charge >= 0.3 is 6.03 Å². The van der Waals surface area contributed by atoms with E-state index in [4.69, 9.17) is 0 Å². The SMILES string of the molecule is CCNC(=O)N1CCc2cc(F)c(C(=O)Nc3cccc(-c4nncn4C(C)CO)n3)cc2C1. The van der Waals surface area contributed by atoms with E-state index >= 15 is 0 Å². The molecule has 0 aliphatic carbocycles. The van der Waals surface area contributed by atoms with Crippen LogP contribution in [0.3, 0.4) is 0 Å². The third-order valence-corrected chi connectivity index (χ3v) is 5.69. The lowest BCUT2D eigenvalue weighted by atomic mass is 9.96. The molecule has 3 amide bonds. The van der Waals surface area contributed by atoms with Crippen LogP contribution in [0, 0.1) is 5.82 Å². The van der Waals surface area contributed by atoms with Crippen molar-refractivity contribution in [3.63, 3.8) is 0 Å². The summed E-state index contributed by atoms with van der Waals surface area (Å²) in [5, 5.41) is 22.8. The maximum Gasteiger partial charge on any atom is 0.317 e. The minimum absolute atomic E-state index is 0.101. The molecule has 11 heteroatoms. The first-order chi connectivity index (χ1) is 16.4. The van der Waals surface area contributed by atoms with Crippen molar-refractivity contribution < 1.29 is 19.1 Å². The minimum atomic E-state index is -0.648. The number of carbonyl (C=O) groups is 2. The number of aromatic nitrogens is 4. The Bertz CT molecular complexity index is 1210. The highest BCUT2D eigenvalue weighted by Gasteiger charge is 2.24. The number of urea groups is 1. The molecule has 0 fully saturated rings. The summed E-state index contributed by atoms with van der Waals surface area (Å²) in [5.74, 6) is -0.626. The van der Waals surface area contributed by atoms with E-state index in [0.29, 0.717) is 37.6 Å². The lowest BCUT2D eigenvalue weighted by Crippen LogP contribution is -2.42. The molecular weight excluding hydrogens is 441 g/mol. The van der Waals surface area contributed by atoms with Crippen molar-refractivity contribution in [3.8, 4) is 11.5 Å². The molecule has 1 aromatic carbocycles. The number of pyridine rings is 1. The predicted octanol–water partition coefficient (Wildman–Crippen LogP) is 2.37. The van der Waals surface area contributed by atoms with Gasteiger partial charge in [0.05, 0.1) is 18.2 Å². The van der Waals surface area contributed by atoms with Gasteiger partial charge in [-0.25, -0.2) is 14.2 Å². The summed E-state index contributed by atoms with van der Waals surface area (Å²) < 4.78 is 16.4. The van der Waals surface area contributed by atoms with Gasteiger partial charge in [0.2, 0.25) is 0 Å². The molecule has 4 rings (SSSR count). The molecule has 34 heavy (non-hydrogen) atoms. The third-order valence-electron chi connectivity index (χ3n) is 5.69. The van der Waals surface area contributed by atoms with Crippen LogP contribution in [-0.2, 0) is 13.0 Å². The highest BCUT2D eigenvalue weighted by atomic mass is 19.1. The third kappa shape index (κ3) is 4.74. The highest BCUT2D eigenvalue weighted by Crippen LogP contribution is 2.24. The smallest absolute Gasteiger partial charge is 0.317 e. The summed E-state index contributed by atoms with van der Waals surface area (Å²) in [6.45, 7) is 4.85. The molecule has 178 valence electrons. The molecule has 0 saturated carbocycles. The monoisotopic (exact) mass is 467 g/mol. The quantitative estimate of drug-likeness (QED) is 0.511. The summed E-state index contributed by atoms with van der Waals surface area (Å²) in [7, 11) is 0. The van der Waals surface area contributed by atoms with E-state index in [2.05, 4.69) is 25.8 Å². The molecule has 2 aromatic heterocycles. The standard InChI is InChI=1S/C23H26FN7O3/c1-3-25-23(34)30-8-7-15-10-18(24)17(9-16(15)11-30)22(33)28-20-6-4-5-19(27-20)21-29-26-13-31(21)14(2)12-32/h4-6,9-10,13-14,32H,3,7-8,11-12H2,1-2H3,(H,25,34)(H,27,28,33). The number of hydrogen-bond acceptors (Lipinski definition) is 6. The van der Waals surface area contributed by atoms with Crippen LogP contribution in [-0.4, -0.2) is 61.4 Å². The first-order valence-electron chi connectivity index (χ1n) is 11.0. The Balaban J connectivity index is 1.55. The number of hydrogen-bond donors (Lipinski definition) is 3. The number of fused-ring (bicyclic) bond motifs is 1. The Morgan fingerprint density at radius 2 is 2.09 bits per heavy atom. The van der Waals surface area contributed by atoms with Crippen LogP contribution >= 0.6 is 0 Å². The van der Waals surface area contributed by atoms with Crippen molar-refractivity contribution in [2.24, 2.45) is 0 Å². The average molecular weight is 468 g/mol. The molecule has 1 aliphatic rings. The Morgan fingerprint density at radius 3 is 2.85 bits per heavy atom. The summed E-state index contributed by atoms with van der Waals surface area (Å²) in [6, 6.07) is 7.40. The molecule has 1 unspecified atom stereocenters. The largest absolute Gasteiger partial charge is 0.394 e. The van der Waals surface area contributed by atoms with E-state index < -0.39 is 11.7 Å². The Labute approximate surface area is 195 Å². The van der Waals surface area contributed by atoms with Crippen molar-refractivity contribution in [2.75, 3.05) is 25.0 Å². The van der Waals surface area contributed by atoms with Gasteiger partial charge in [0, 0.05) is 19.6 Å².